The normalized spacial score (nSPS) is 16.8. The number of anilines is 1. The van der Waals surface area contributed by atoms with Crippen LogP contribution in [0.1, 0.15) is 12.0 Å². The van der Waals surface area contributed by atoms with Crippen molar-refractivity contribution in [2.45, 2.75) is 13.3 Å². The van der Waals surface area contributed by atoms with E-state index in [4.69, 9.17) is 11.6 Å². The van der Waals surface area contributed by atoms with E-state index in [0.717, 1.165) is 35.2 Å². The zero-order chi connectivity index (χ0) is 14.1. The molecule has 1 aromatic rings. The quantitative estimate of drug-likeness (QED) is 0.932. The summed E-state index contributed by atoms with van der Waals surface area (Å²) in [5.74, 6) is -0.0321. The second kappa shape index (κ2) is 5.50. The van der Waals surface area contributed by atoms with Crippen molar-refractivity contribution in [1.82, 2.24) is 4.90 Å². The van der Waals surface area contributed by atoms with Gasteiger partial charge in [-0.1, -0.05) is 29.4 Å². The van der Waals surface area contributed by atoms with Crippen molar-refractivity contribution in [2.75, 3.05) is 18.4 Å². The van der Waals surface area contributed by atoms with Crippen LogP contribution in [0.15, 0.2) is 34.3 Å². The average Bonchev–Trinajstić information content (AvgIpc) is 2.99. The van der Waals surface area contributed by atoms with E-state index in [1.54, 1.807) is 17.8 Å². The second-order valence-electron chi connectivity index (χ2n) is 4.73. The Morgan fingerprint density at radius 1 is 1.55 bits per heavy atom. The maximum absolute atomic E-state index is 12.1. The van der Waals surface area contributed by atoms with Crippen LogP contribution in [0, 0.1) is 6.92 Å². The molecule has 4 nitrogen and oxygen atoms in total. The maximum Gasteiger partial charge on any atom is 0.230 e. The Kier molecular flexibility index (Phi) is 3.72. The molecule has 1 amide bonds. The topological polar surface area (TPSA) is 44.7 Å². The van der Waals surface area contributed by atoms with Crippen molar-refractivity contribution in [1.29, 1.82) is 0 Å². The first-order valence-corrected chi connectivity index (χ1v) is 7.63. The van der Waals surface area contributed by atoms with E-state index in [2.05, 4.69) is 15.2 Å². The minimum Gasteiger partial charge on any atom is -0.325 e. The van der Waals surface area contributed by atoms with E-state index in [1.807, 2.05) is 24.5 Å². The van der Waals surface area contributed by atoms with Gasteiger partial charge in [-0.25, -0.2) is 0 Å². The Morgan fingerprint density at radius 3 is 3.25 bits per heavy atom. The van der Waals surface area contributed by atoms with Crippen LogP contribution in [0.4, 0.5) is 5.69 Å². The third-order valence-corrected chi connectivity index (χ3v) is 4.45. The Balaban J connectivity index is 1.66. The van der Waals surface area contributed by atoms with Crippen molar-refractivity contribution in [2.24, 2.45) is 4.99 Å². The van der Waals surface area contributed by atoms with Crippen molar-refractivity contribution in [3.8, 4) is 0 Å². The number of amidine groups is 1. The number of amides is 1. The van der Waals surface area contributed by atoms with E-state index in [9.17, 15) is 4.79 Å². The zero-order valence-corrected chi connectivity index (χ0v) is 12.6. The monoisotopic (exact) mass is 307 g/mol. The van der Waals surface area contributed by atoms with E-state index in [-0.39, 0.29) is 5.91 Å². The average molecular weight is 308 g/mol. The number of aryl methyl sites for hydroxylation is 1. The smallest absolute Gasteiger partial charge is 0.230 e. The lowest BCUT2D eigenvalue weighted by atomic mass is 10.2. The molecule has 0 aliphatic carbocycles. The molecule has 1 aromatic carbocycles. The molecule has 0 fully saturated rings. The summed E-state index contributed by atoms with van der Waals surface area (Å²) in [7, 11) is 0. The lowest BCUT2D eigenvalue weighted by molar-refractivity contribution is -0.115. The van der Waals surface area contributed by atoms with Gasteiger partial charge in [0.25, 0.3) is 0 Å². The molecule has 1 N–H and O–H groups in total. The van der Waals surface area contributed by atoms with Crippen molar-refractivity contribution < 1.29 is 4.79 Å². The number of carbonyl (C=O) groups excluding carboxylic acids is 1. The minimum atomic E-state index is -0.0321. The van der Waals surface area contributed by atoms with Crippen molar-refractivity contribution in [3.05, 3.63) is 39.9 Å². The van der Waals surface area contributed by atoms with Gasteiger partial charge in [0.2, 0.25) is 5.91 Å². The first-order valence-electron chi connectivity index (χ1n) is 6.37. The molecule has 2 aliphatic heterocycles. The number of nitrogens with one attached hydrogen (secondary N) is 1. The summed E-state index contributed by atoms with van der Waals surface area (Å²) in [6, 6.07) is 5.48. The molecule has 0 saturated carbocycles. The van der Waals surface area contributed by atoms with Crippen LogP contribution >= 0.6 is 23.4 Å². The SMILES string of the molecule is Cc1ccc(Cl)cc1NC(=O)CC1=CSC2=NCCN12. The van der Waals surface area contributed by atoms with Gasteiger partial charge in [0.1, 0.15) is 0 Å². The molecule has 0 atom stereocenters. The molecule has 2 heterocycles. The number of hydrogen-bond acceptors (Lipinski definition) is 4. The summed E-state index contributed by atoms with van der Waals surface area (Å²) in [5, 5.41) is 6.55. The number of benzene rings is 1. The zero-order valence-electron chi connectivity index (χ0n) is 11.0. The van der Waals surface area contributed by atoms with Crippen LogP contribution in [-0.2, 0) is 4.79 Å². The molecule has 104 valence electrons. The van der Waals surface area contributed by atoms with E-state index >= 15 is 0 Å². The Labute approximate surface area is 126 Å². The number of nitrogens with zero attached hydrogens (tertiary/aromatic N) is 2. The molecular weight excluding hydrogens is 294 g/mol. The molecule has 0 saturated heterocycles. The van der Waals surface area contributed by atoms with Crippen LogP contribution in [0.5, 0.6) is 0 Å². The highest BCUT2D eigenvalue weighted by atomic mass is 35.5. The van der Waals surface area contributed by atoms with Crippen LogP contribution in [0.3, 0.4) is 0 Å². The number of halogens is 1. The van der Waals surface area contributed by atoms with Crippen LogP contribution in [-0.4, -0.2) is 29.1 Å². The third kappa shape index (κ3) is 2.69. The fraction of sp³-hybridized carbons (Fsp3) is 0.286. The Hall–Kier alpha value is -1.46. The largest absolute Gasteiger partial charge is 0.325 e. The van der Waals surface area contributed by atoms with Gasteiger partial charge in [0, 0.05) is 23.0 Å². The molecule has 0 spiro atoms. The number of thioether (sulfide) groups is 1. The summed E-state index contributed by atoms with van der Waals surface area (Å²) in [5.41, 5.74) is 2.79. The van der Waals surface area contributed by atoms with Gasteiger partial charge in [0.05, 0.1) is 13.0 Å². The lowest BCUT2D eigenvalue weighted by Crippen LogP contribution is -2.24. The van der Waals surface area contributed by atoms with E-state index < -0.39 is 0 Å². The Bertz CT molecular complexity index is 627. The van der Waals surface area contributed by atoms with Crippen LogP contribution in [0.25, 0.3) is 0 Å². The van der Waals surface area contributed by atoms with Gasteiger partial charge in [-0.3, -0.25) is 9.79 Å². The fourth-order valence-corrected chi connectivity index (χ4v) is 3.33. The third-order valence-electron chi connectivity index (χ3n) is 3.26. The number of hydrogen-bond donors (Lipinski definition) is 1. The van der Waals surface area contributed by atoms with Gasteiger partial charge in [-0.2, -0.15) is 0 Å². The first-order chi connectivity index (χ1) is 9.63. The van der Waals surface area contributed by atoms with Gasteiger partial charge >= 0.3 is 0 Å². The molecule has 0 bridgehead atoms. The number of aliphatic imine (C=N–C) groups is 1. The Morgan fingerprint density at radius 2 is 2.40 bits per heavy atom. The molecule has 2 aliphatic rings. The predicted octanol–water partition coefficient (Wildman–Crippen LogP) is 3.24. The lowest BCUT2D eigenvalue weighted by Gasteiger charge is -2.16. The molecule has 20 heavy (non-hydrogen) atoms. The summed E-state index contributed by atoms with van der Waals surface area (Å²) in [6.07, 6.45) is 0.359. The predicted molar refractivity (Wildman–Crippen MR) is 84.1 cm³/mol. The summed E-state index contributed by atoms with van der Waals surface area (Å²) >= 11 is 7.54. The summed E-state index contributed by atoms with van der Waals surface area (Å²) in [4.78, 5) is 18.6. The molecule has 0 unspecified atom stereocenters. The van der Waals surface area contributed by atoms with Gasteiger partial charge in [-0.05, 0) is 30.0 Å². The standard InChI is InChI=1S/C14H14ClN3OS/c1-9-2-3-10(15)6-12(9)17-13(19)7-11-8-20-14-16-4-5-18(11)14/h2-3,6,8H,4-5,7H2,1H3,(H,17,19). The highest BCUT2D eigenvalue weighted by molar-refractivity contribution is 8.16. The molecule has 0 radical (unpaired) electrons. The number of rotatable bonds is 3. The second-order valence-corrected chi connectivity index (χ2v) is 6.00. The minimum absolute atomic E-state index is 0.0321. The van der Waals surface area contributed by atoms with E-state index in [0.29, 0.717) is 11.4 Å². The first kappa shape index (κ1) is 13.5. The molecule has 6 heteroatoms. The summed E-state index contributed by atoms with van der Waals surface area (Å²) in [6.45, 7) is 3.63. The molecule has 0 aromatic heterocycles. The van der Waals surface area contributed by atoms with E-state index in [1.165, 1.54) is 0 Å². The van der Waals surface area contributed by atoms with Gasteiger partial charge in [-0.15, -0.1) is 0 Å². The number of carbonyl (C=O) groups is 1. The van der Waals surface area contributed by atoms with Crippen molar-refractivity contribution in [3.63, 3.8) is 0 Å². The maximum atomic E-state index is 12.1. The highest BCUT2D eigenvalue weighted by Crippen LogP contribution is 2.31. The van der Waals surface area contributed by atoms with Crippen molar-refractivity contribution >= 4 is 40.1 Å². The van der Waals surface area contributed by atoms with Crippen LogP contribution < -0.4 is 5.32 Å². The molecular formula is C14H14ClN3OS. The van der Waals surface area contributed by atoms with Gasteiger partial charge in [0.15, 0.2) is 5.17 Å². The van der Waals surface area contributed by atoms with Gasteiger partial charge < -0.3 is 10.2 Å². The van der Waals surface area contributed by atoms with Crippen LogP contribution in [0.2, 0.25) is 5.02 Å². The highest BCUT2D eigenvalue weighted by Gasteiger charge is 2.27. The molecule has 3 rings (SSSR count). The summed E-state index contributed by atoms with van der Waals surface area (Å²) < 4.78 is 0. The number of fused-ring (bicyclic) bond motifs is 1. The fourth-order valence-electron chi connectivity index (χ4n) is 2.20.